The second-order valence-electron chi connectivity index (χ2n) is 4.30. The second kappa shape index (κ2) is 4.72. The van der Waals surface area contributed by atoms with Crippen LogP contribution in [0.5, 0.6) is 0 Å². The molecule has 0 aliphatic carbocycles. The molecule has 8 heteroatoms. The summed E-state index contributed by atoms with van der Waals surface area (Å²) in [7, 11) is 1.49. The van der Waals surface area contributed by atoms with Crippen molar-refractivity contribution in [2.75, 3.05) is 12.4 Å². The van der Waals surface area contributed by atoms with Crippen molar-refractivity contribution in [3.05, 3.63) is 42.4 Å². The van der Waals surface area contributed by atoms with Crippen LogP contribution in [0.15, 0.2) is 36.5 Å². The minimum absolute atomic E-state index is 0.0582. The predicted molar refractivity (Wildman–Crippen MR) is 71.2 cm³/mol. The van der Waals surface area contributed by atoms with Gasteiger partial charge in [0.15, 0.2) is 5.82 Å². The maximum Gasteiger partial charge on any atom is 0.451 e. The van der Waals surface area contributed by atoms with Crippen LogP contribution in [0.4, 0.5) is 19.0 Å². The highest BCUT2D eigenvalue weighted by atomic mass is 19.4. The van der Waals surface area contributed by atoms with E-state index < -0.39 is 12.0 Å². The lowest BCUT2D eigenvalue weighted by Gasteiger charge is -2.10. The van der Waals surface area contributed by atoms with E-state index >= 15 is 0 Å². The molecule has 0 saturated carbocycles. The third-order valence-corrected chi connectivity index (χ3v) is 2.92. The molecular weight excluding hydrogens is 283 g/mol. The van der Waals surface area contributed by atoms with E-state index in [2.05, 4.69) is 20.4 Å². The van der Waals surface area contributed by atoms with Crippen molar-refractivity contribution in [3.63, 3.8) is 0 Å². The zero-order chi connectivity index (χ0) is 15.0. The summed E-state index contributed by atoms with van der Waals surface area (Å²) in [5, 5.41) is 7.51. The molecule has 21 heavy (non-hydrogen) atoms. The van der Waals surface area contributed by atoms with Gasteiger partial charge in [-0.05, 0) is 6.07 Å². The van der Waals surface area contributed by atoms with Gasteiger partial charge in [0, 0.05) is 18.5 Å². The van der Waals surface area contributed by atoms with E-state index in [1.54, 1.807) is 18.3 Å². The predicted octanol–water partition coefficient (Wildman–Crippen LogP) is 2.88. The highest BCUT2D eigenvalue weighted by Crippen LogP contribution is 2.28. The molecule has 0 bridgehead atoms. The molecule has 108 valence electrons. The molecule has 3 aromatic rings. The molecule has 0 unspecified atom stereocenters. The molecule has 1 N–H and O–H groups in total. The van der Waals surface area contributed by atoms with E-state index in [1.807, 2.05) is 12.1 Å². The molecule has 0 atom stereocenters. The number of hydrogen-bond acceptors (Lipinski definition) is 4. The first kappa shape index (κ1) is 13.3. The fourth-order valence-electron chi connectivity index (χ4n) is 1.95. The molecule has 0 spiro atoms. The van der Waals surface area contributed by atoms with Gasteiger partial charge >= 0.3 is 6.18 Å². The summed E-state index contributed by atoms with van der Waals surface area (Å²) in [4.78, 5) is 6.99. The Morgan fingerprint density at radius 1 is 1.14 bits per heavy atom. The van der Waals surface area contributed by atoms with Crippen LogP contribution in [0, 0.1) is 0 Å². The molecule has 0 saturated heterocycles. The average Bonchev–Trinajstić information content (AvgIpc) is 2.89. The zero-order valence-electron chi connectivity index (χ0n) is 10.9. The van der Waals surface area contributed by atoms with Gasteiger partial charge < -0.3 is 5.32 Å². The number of anilines is 1. The Balaban J connectivity index is 2.22. The Hall–Kier alpha value is -2.64. The van der Waals surface area contributed by atoms with E-state index in [-0.39, 0.29) is 11.6 Å². The van der Waals surface area contributed by atoms with Crippen LogP contribution >= 0.6 is 0 Å². The monoisotopic (exact) mass is 293 g/mol. The Morgan fingerprint density at radius 2 is 1.90 bits per heavy atom. The molecular formula is C13H10F3N5. The molecule has 0 radical (unpaired) electrons. The van der Waals surface area contributed by atoms with Gasteiger partial charge in [0.05, 0.1) is 11.7 Å². The van der Waals surface area contributed by atoms with Gasteiger partial charge in [-0.2, -0.15) is 18.3 Å². The van der Waals surface area contributed by atoms with Gasteiger partial charge in [-0.15, -0.1) is 0 Å². The van der Waals surface area contributed by atoms with E-state index in [1.165, 1.54) is 17.8 Å². The van der Waals surface area contributed by atoms with Gasteiger partial charge in [0.1, 0.15) is 5.82 Å². The Labute approximate surface area is 117 Å². The molecule has 3 rings (SSSR count). The maximum absolute atomic E-state index is 12.9. The van der Waals surface area contributed by atoms with E-state index in [0.717, 1.165) is 5.39 Å². The van der Waals surface area contributed by atoms with Crippen LogP contribution < -0.4 is 5.32 Å². The van der Waals surface area contributed by atoms with Crippen molar-refractivity contribution in [2.24, 2.45) is 0 Å². The zero-order valence-corrected chi connectivity index (χ0v) is 10.9. The molecule has 1 aromatic carbocycles. The number of hydrogen-bond donors (Lipinski definition) is 1. The summed E-state index contributed by atoms with van der Waals surface area (Å²) >= 11 is 0. The molecule has 0 aliphatic heterocycles. The van der Waals surface area contributed by atoms with Crippen LogP contribution in [-0.4, -0.2) is 26.8 Å². The quantitative estimate of drug-likeness (QED) is 0.789. The van der Waals surface area contributed by atoms with E-state index in [9.17, 15) is 13.2 Å². The van der Waals surface area contributed by atoms with Crippen molar-refractivity contribution in [3.8, 4) is 5.82 Å². The smallest absolute Gasteiger partial charge is 0.373 e. The summed E-state index contributed by atoms with van der Waals surface area (Å²) in [6.07, 6.45) is -3.05. The van der Waals surface area contributed by atoms with E-state index in [0.29, 0.717) is 5.52 Å². The summed E-state index contributed by atoms with van der Waals surface area (Å²) in [5.74, 6) is -1.07. The van der Waals surface area contributed by atoms with Gasteiger partial charge in [0.2, 0.25) is 5.82 Å². The van der Waals surface area contributed by atoms with Crippen LogP contribution in [0.3, 0.4) is 0 Å². The molecule has 0 fully saturated rings. The first-order valence-corrected chi connectivity index (χ1v) is 6.06. The van der Waals surface area contributed by atoms with Crippen LogP contribution in [0.25, 0.3) is 16.7 Å². The van der Waals surface area contributed by atoms with Gasteiger partial charge in [-0.1, -0.05) is 18.2 Å². The van der Waals surface area contributed by atoms with Crippen molar-refractivity contribution in [2.45, 2.75) is 6.18 Å². The highest BCUT2D eigenvalue weighted by molar-refractivity contribution is 5.79. The molecule has 0 aliphatic rings. The number of alkyl halides is 3. The number of nitrogens with one attached hydrogen (secondary N) is 1. The minimum Gasteiger partial charge on any atom is -0.373 e. The lowest BCUT2D eigenvalue weighted by molar-refractivity contribution is -0.144. The lowest BCUT2D eigenvalue weighted by atomic mass is 10.2. The normalized spacial score (nSPS) is 11.8. The van der Waals surface area contributed by atoms with Crippen LogP contribution in [0.2, 0.25) is 0 Å². The molecule has 2 aromatic heterocycles. The molecule has 0 amide bonds. The Kier molecular flexibility index (Phi) is 3.00. The van der Waals surface area contributed by atoms with Gasteiger partial charge in [0.25, 0.3) is 0 Å². The number of aromatic nitrogens is 4. The molecule has 2 heterocycles. The molecule has 5 nitrogen and oxygen atoms in total. The third-order valence-electron chi connectivity index (χ3n) is 2.92. The fourth-order valence-corrected chi connectivity index (χ4v) is 1.95. The van der Waals surface area contributed by atoms with E-state index in [4.69, 9.17) is 0 Å². The number of rotatable bonds is 2. The standard InChI is InChI=1S/C13H10F3N5/c1-17-10-6-11(20-12(19-10)13(14,15)16)21-9-5-3-2-4-8(9)7-18-21/h2-7H,1H3,(H,17,19,20). The number of halogens is 3. The van der Waals surface area contributed by atoms with Crippen molar-refractivity contribution < 1.29 is 13.2 Å². The van der Waals surface area contributed by atoms with Gasteiger partial charge in [-0.25, -0.2) is 14.6 Å². The van der Waals surface area contributed by atoms with Crippen molar-refractivity contribution >= 4 is 16.7 Å². The largest absolute Gasteiger partial charge is 0.451 e. The van der Waals surface area contributed by atoms with Gasteiger partial charge in [-0.3, -0.25) is 0 Å². The first-order valence-electron chi connectivity index (χ1n) is 6.06. The summed E-state index contributed by atoms with van der Waals surface area (Å²) in [6.45, 7) is 0. The number of fused-ring (bicyclic) bond motifs is 1. The average molecular weight is 293 g/mol. The van der Waals surface area contributed by atoms with Crippen LogP contribution in [0.1, 0.15) is 5.82 Å². The first-order chi connectivity index (χ1) is 9.99. The lowest BCUT2D eigenvalue weighted by Crippen LogP contribution is -2.15. The number of benzene rings is 1. The minimum atomic E-state index is -4.62. The fraction of sp³-hybridized carbons (Fsp3) is 0.154. The van der Waals surface area contributed by atoms with Crippen LogP contribution in [-0.2, 0) is 6.18 Å². The topological polar surface area (TPSA) is 55.6 Å². The Bertz CT molecular complexity index is 794. The summed E-state index contributed by atoms with van der Waals surface area (Å²) < 4.78 is 39.9. The highest BCUT2D eigenvalue weighted by Gasteiger charge is 2.35. The number of para-hydroxylation sites is 1. The SMILES string of the molecule is CNc1cc(-n2ncc3ccccc32)nc(C(F)(F)F)n1. The summed E-state index contributed by atoms with van der Waals surface area (Å²) in [5.41, 5.74) is 0.673. The van der Waals surface area contributed by atoms with Crippen molar-refractivity contribution in [1.82, 2.24) is 19.7 Å². The summed E-state index contributed by atoms with van der Waals surface area (Å²) in [6, 6.07) is 8.61. The maximum atomic E-state index is 12.9. The Morgan fingerprint density at radius 3 is 2.62 bits per heavy atom. The third kappa shape index (κ3) is 2.39. The van der Waals surface area contributed by atoms with Crippen molar-refractivity contribution in [1.29, 1.82) is 0 Å². The number of nitrogens with zero attached hydrogens (tertiary/aromatic N) is 4. The second-order valence-corrected chi connectivity index (χ2v) is 4.30.